The van der Waals surface area contributed by atoms with Gasteiger partial charge in [-0.25, -0.2) is 8.42 Å². The van der Waals surface area contributed by atoms with Crippen LogP contribution in [0.3, 0.4) is 0 Å². The van der Waals surface area contributed by atoms with Gasteiger partial charge in [-0.2, -0.15) is 9.30 Å². The maximum absolute atomic E-state index is 13.1. The number of hydrogen-bond acceptors (Lipinski definition) is 4. The molecule has 2 aromatic carbocycles. The number of aromatic nitrogens is 1. The number of carbonyl (C=O) groups excluding carboxylic acids is 1. The van der Waals surface area contributed by atoms with Crippen LogP contribution >= 0.6 is 11.3 Å². The van der Waals surface area contributed by atoms with Crippen molar-refractivity contribution in [2.24, 2.45) is 4.99 Å². The molecule has 0 spiro atoms. The molecule has 1 aliphatic rings. The van der Waals surface area contributed by atoms with Crippen LogP contribution in [0.2, 0.25) is 0 Å². The molecule has 0 radical (unpaired) electrons. The molecule has 174 valence electrons. The molecular formula is C25H29N3O3S2. The van der Waals surface area contributed by atoms with Crippen molar-refractivity contribution in [3.8, 4) is 0 Å². The van der Waals surface area contributed by atoms with E-state index < -0.39 is 15.9 Å². The number of hydrogen-bond donors (Lipinski definition) is 0. The van der Waals surface area contributed by atoms with Gasteiger partial charge in [0.05, 0.1) is 15.1 Å². The highest BCUT2D eigenvalue weighted by molar-refractivity contribution is 7.89. The molecule has 1 aromatic heterocycles. The quantitative estimate of drug-likeness (QED) is 0.489. The van der Waals surface area contributed by atoms with E-state index in [1.807, 2.05) is 18.4 Å². The molecule has 1 saturated heterocycles. The minimum atomic E-state index is -3.57. The van der Waals surface area contributed by atoms with Gasteiger partial charge in [-0.05, 0) is 75.1 Å². The molecule has 1 unspecified atom stereocenters. The number of nitrogens with zero attached hydrogens (tertiary/aromatic N) is 3. The second-order valence-electron chi connectivity index (χ2n) is 8.61. The van der Waals surface area contributed by atoms with Crippen molar-refractivity contribution in [3.05, 3.63) is 70.5 Å². The topological polar surface area (TPSA) is 71.7 Å². The lowest BCUT2D eigenvalue weighted by Crippen LogP contribution is -2.41. The van der Waals surface area contributed by atoms with Crippen LogP contribution in [-0.4, -0.2) is 35.8 Å². The fourth-order valence-electron chi connectivity index (χ4n) is 4.46. The molecular weight excluding hydrogens is 454 g/mol. The van der Waals surface area contributed by atoms with E-state index in [-0.39, 0.29) is 10.9 Å². The van der Waals surface area contributed by atoms with E-state index in [0.717, 1.165) is 40.6 Å². The molecule has 1 atom stereocenters. The summed E-state index contributed by atoms with van der Waals surface area (Å²) in [6.07, 6.45) is 4.58. The van der Waals surface area contributed by atoms with Crippen LogP contribution in [-0.2, 0) is 16.6 Å². The third kappa shape index (κ3) is 4.60. The Balaban J connectivity index is 1.68. The van der Waals surface area contributed by atoms with E-state index in [2.05, 4.69) is 30.6 Å². The van der Waals surface area contributed by atoms with E-state index >= 15 is 0 Å². The summed E-state index contributed by atoms with van der Waals surface area (Å²) >= 11 is 1.47. The zero-order chi connectivity index (χ0) is 23.8. The van der Waals surface area contributed by atoms with Crippen molar-refractivity contribution in [2.45, 2.75) is 57.5 Å². The summed E-state index contributed by atoms with van der Waals surface area (Å²) < 4.78 is 30.7. The van der Waals surface area contributed by atoms with Gasteiger partial charge in [0, 0.05) is 24.7 Å². The highest BCUT2D eigenvalue weighted by Crippen LogP contribution is 2.26. The lowest BCUT2D eigenvalue weighted by atomic mass is 10.1. The Morgan fingerprint density at radius 2 is 1.94 bits per heavy atom. The predicted octanol–water partition coefficient (Wildman–Crippen LogP) is 4.81. The Morgan fingerprint density at radius 3 is 2.61 bits per heavy atom. The summed E-state index contributed by atoms with van der Waals surface area (Å²) in [5, 5.41) is 0. The van der Waals surface area contributed by atoms with Crippen molar-refractivity contribution < 1.29 is 13.2 Å². The van der Waals surface area contributed by atoms with Gasteiger partial charge in [-0.15, -0.1) is 6.58 Å². The molecule has 6 nitrogen and oxygen atoms in total. The van der Waals surface area contributed by atoms with Gasteiger partial charge in [-0.1, -0.05) is 29.9 Å². The maximum Gasteiger partial charge on any atom is 0.279 e. The third-order valence-electron chi connectivity index (χ3n) is 6.07. The number of rotatable bonds is 5. The molecule has 1 amide bonds. The van der Waals surface area contributed by atoms with Crippen LogP contribution in [0.25, 0.3) is 10.2 Å². The highest BCUT2D eigenvalue weighted by atomic mass is 32.2. The number of amides is 1. The summed E-state index contributed by atoms with van der Waals surface area (Å²) in [7, 11) is -3.57. The van der Waals surface area contributed by atoms with E-state index in [4.69, 9.17) is 0 Å². The number of aryl methyl sites for hydroxylation is 2. The van der Waals surface area contributed by atoms with E-state index in [9.17, 15) is 13.2 Å². The molecule has 1 fully saturated rings. The fourth-order valence-corrected chi connectivity index (χ4v) is 7.37. The largest absolute Gasteiger partial charge is 0.312 e. The van der Waals surface area contributed by atoms with Crippen molar-refractivity contribution in [2.75, 3.05) is 6.54 Å². The summed E-state index contributed by atoms with van der Waals surface area (Å²) in [5.41, 5.74) is 3.69. The average molecular weight is 484 g/mol. The summed E-state index contributed by atoms with van der Waals surface area (Å²) in [4.78, 5) is 18.1. The second-order valence-corrected chi connectivity index (χ2v) is 11.5. The standard InChI is InChI=1S/C25H29N3O3S2/c1-5-13-27-23-18(3)15-17(2)16-22(23)32-25(27)26-24(29)20-9-11-21(12-10-20)33(30,31)28-14-7-6-8-19(28)4/h5,9-12,15-16,19H,1,6-8,13-14H2,2-4H3. The fraction of sp³-hybridized carbons (Fsp3) is 0.360. The number of carbonyl (C=O) groups is 1. The van der Waals surface area contributed by atoms with Crippen molar-refractivity contribution in [1.82, 2.24) is 8.87 Å². The van der Waals surface area contributed by atoms with Gasteiger partial charge in [0.1, 0.15) is 0 Å². The Hall–Kier alpha value is -2.55. The lowest BCUT2D eigenvalue weighted by molar-refractivity contribution is 0.0997. The molecule has 0 bridgehead atoms. The van der Waals surface area contributed by atoms with Gasteiger partial charge >= 0.3 is 0 Å². The number of piperidine rings is 1. The normalized spacial score (nSPS) is 18.0. The first-order valence-corrected chi connectivity index (χ1v) is 13.4. The molecule has 2 heterocycles. The van der Waals surface area contributed by atoms with Gasteiger partial charge in [0.2, 0.25) is 10.0 Å². The van der Waals surface area contributed by atoms with Crippen LogP contribution in [0.1, 0.15) is 47.7 Å². The molecule has 0 aliphatic carbocycles. The minimum Gasteiger partial charge on any atom is -0.312 e. The van der Waals surface area contributed by atoms with Crippen molar-refractivity contribution >= 4 is 37.5 Å². The molecule has 8 heteroatoms. The average Bonchev–Trinajstić information content (AvgIpc) is 3.11. The maximum atomic E-state index is 13.1. The smallest absolute Gasteiger partial charge is 0.279 e. The summed E-state index contributed by atoms with van der Waals surface area (Å²) in [6.45, 7) is 11.0. The van der Waals surface area contributed by atoms with Crippen LogP contribution in [0, 0.1) is 13.8 Å². The lowest BCUT2D eigenvalue weighted by Gasteiger charge is -2.32. The van der Waals surface area contributed by atoms with Gasteiger partial charge in [0.25, 0.3) is 5.91 Å². The number of allylic oxidation sites excluding steroid dienone is 1. The first-order chi connectivity index (χ1) is 15.7. The number of thiazole rings is 1. The Kier molecular flexibility index (Phi) is 6.70. The van der Waals surface area contributed by atoms with E-state index in [0.29, 0.717) is 23.5 Å². The number of fused-ring (bicyclic) bond motifs is 1. The zero-order valence-corrected chi connectivity index (χ0v) is 20.9. The van der Waals surface area contributed by atoms with E-state index in [1.54, 1.807) is 22.5 Å². The molecule has 0 N–H and O–H groups in total. The summed E-state index contributed by atoms with van der Waals surface area (Å²) in [6, 6.07) is 10.3. The second kappa shape index (κ2) is 9.37. The zero-order valence-electron chi connectivity index (χ0n) is 19.2. The van der Waals surface area contributed by atoms with Gasteiger partial charge < -0.3 is 4.57 Å². The SMILES string of the molecule is C=CCn1c(=NC(=O)c2ccc(S(=O)(=O)N3CCCCC3C)cc2)sc2cc(C)cc(C)c21. The molecule has 0 saturated carbocycles. The molecule has 4 rings (SSSR count). The molecule has 3 aromatic rings. The van der Waals surface area contributed by atoms with Crippen LogP contribution in [0.5, 0.6) is 0 Å². The van der Waals surface area contributed by atoms with Crippen LogP contribution < -0.4 is 4.80 Å². The van der Waals surface area contributed by atoms with Crippen LogP contribution in [0.15, 0.2) is 58.9 Å². The number of sulfonamides is 1. The number of benzene rings is 2. The highest BCUT2D eigenvalue weighted by Gasteiger charge is 2.30. The third-order valence-corrected chi connectivity index (χ3v) is 9.12. The van der Waals surface area contributed by atoms with Crippen LogP contribution in [0.4, 0.5) is 0 Å². The van der Waals surface area contributed by atoms with E-state index in [1.165, 1.54) is 23.5 Å². The van der Waals surface area contributed by atoms with Crippen molar-refractivity contribution in [3.63, 3.8) is 0 Å². The van der Waals surface area contributed by atoms with Gasteiger partial charge in [0.15, 0.2) is 4.80 Å². The van der Waals surface area contributed by atoms with Gasteiger partial charge in [-0.3, -0.25) is 4.79 Å². The Bertz CT molecular complexity index is 1380. The molecule has 33 heavy (non-hydrogen) atoms. The van der Waals surface area contributed by atoms with Crippen molar-refractivity contribution in [1.29, 1.82) is 0 Å². The monoisotopic (exact) mass is 483 g/mol. The Labute approximate surface area is 199 Å². The minimum absolute atomic E-state index is 0.0135. The molecule has 1 aliphatic heterocycles. The summed E-state index contributed by atoms with van der Waals surface area (Å²) in [5.74, 6) is -0.399. The first-order valence-electron chi connectivity index (χ1n) is 11.1. The predicted molar refractivity (Wildman–Crippen MR) is 133 cm³/mol. The first kappa shape index (κ1) is 23.6. The Morgan fingerprint density at radius 1 is 1.21 bits per heavy atom.